The van der Waals surface area contributed by atoms with E-state index in [1.165, 1.54) is 0 Å². The van der Waals surface area contributed by atoms with Crippen LogP contribution < -0.4 is 0 Å². The van der Waals surface area contributed by atoms with E-state index >= 15 is 0 Å². The van der Waals surface area contributed by atoms with Crippen molar-refractivity contribution in [2.24, 2.45) is 0 Å². The Hall–Kier alpha value is -1.35. The Morgan fingerprint density at radius 1 is 1.29 bits per heavy atom. The molecule has 1 aromatic carbocycles. The number of carbonyl (C=O) groups is 1. The average Bonchev–Trinajstić information content (AvgIpc) is 2.62. The molecule has 92 valence electrons. The topological polar surface area (TPSA) is 29.5 Å². The van der Waals surface area contributed by atoms with Gasteiger partial charge in [-0.05, 0) is 26.6 Å². The Morgan fingerprint density at radius 2 is 2.00 bits per heavy atom. The minimum Gasteiger partial charge on any atom is -0.436 e. The average molecular weight is 233 g/mol. The fourth-order valence-corrected chi connectivity index (χ4v) is 2.42. The molecule has 1 atom stereocenters. The highest BCUT2D eigenvalue weighted by atomic mass is 16.6. The largest absolute Gasteiger partial charge is 0.436 e. The molecule has 17 heavy (non-hydrogen) atoms. The number of cyclic esters (lactones) is 1. The van der Waals surface area contributed by atoms with Crippen LogP contribution in [0.15, 0.2) is 24.3 Å². The molecule has 0 saturated heterocycles. The first kappa shape index (κ1) is 12.1. The summed E-state index contributed by atoms with van der Waals surface area (Å²) in [7, 11) is 3.93. The number of fused-ring (bicyclic) bond motifs is 1. The van der Waals surface area contributed by atoms with Crippen molar-refractivity contribution in [2.75, 3.05) is 14.1 Å². The highest BCUT2D eigenvalue weighted by molar-refractivity contribution is 5.94. The molecule has 0 saturated carbocycles. The summed E-state index contributed by atoms with van der Waals surface area (Å²) in [6.45, 7) is 2.14. The van der Waals surface area contributed by atoms with Crippen LogP contribution in [0.5, 0.6) is 0 Å². The second kappa shape index (κ2) is 4.49. The number of unbranched alkanes of at least 4 members (excludes halogenated alkanes) is 1. The van der Waals surface area contributed by atoms with Gasteiger partial charge in [0.2, 0.25) is 0 Å². The van der Waals surface area contributed by atoms with Crippen LogP contribution in [0.4, 0.5) is 0 Å². The van der Waals surface area contributed by atoms with E-state index in [4.69, 9.17) is 4.74 Å². The van der Waals surface area contributed by atoms with E-state index in [0.29, 0.717) is 5.56 Å². The molecule has 0 aromatic heterocycles. The second-order valence-corrected chi connectivity index (χ2v) is 4.72. The van der Waals surface area contributed by atoms with E-state index in [1.807, 2.05) is 43.3 Å². The Morgan fingerprint density at radius 3 is 2.65 bits per heavy atom. The lowest BCUT2D eigenvalue weighted by Gasteiger charge is -2.35. The predicted molar refractivity (Wildman–Crippen MR) is 66.7 cm³/mol. The summed E-state index contributed by atoms with van der Waals surface area (Å²) in [5, 5.41) is 0. The van der Waals surface area contributed by atoms with Crippen molar-refractivity contribution in [2.45, 2.75) is 31.9 Å². The van der Waals surface area contributed by atoms with Crippen LogP contribution in [0.2, 0.25) is 0 Å². The van der Waals surface area contributed by atoms with E-state index < -0.39 is 5.72 Å². The molecule has 1 unspecified atom stereocenters. The first-order chi connectivity index (χ1) is 8.12. The minimum atomic E-state index is -0.566. The van der Waals surface area contributed by atoms with Crippen molar-refractivity contribution >= 4 is 5.97 Å². The molecule has 1 heterocycles. The Balaban J connectivity index is 2.45. The highest BCUT2D eigenvalue weighted by Gasteiger charge is 2.46. The molecule has 2 rings (SSSR count). The molecule has 3 nitrogen and oxygen atoms in total. The van der Waals surface area contributed by atoms with E-state index in [1.54, 1.807) is 0 Å². The lowest BCUT2D eigenvalue weighted by molar-refractivity contribution is -0.0991. The summed E-state index contributed by atoms with van der Waals surface area (Å²) >= 11 is 0. The number of ether oxygens (including phenoxy) is 1. The van der Waals surface area contributed by atoms with Crippen LogP contribution in [0.3, 0.4) is 0 Å². The normalized spacial score (nSPS) is 22.7. The zero-order valence-electron chi connectivity index (χ0n) is 10.7. The van der Waals surface area contributed by atoms with E-state index in [9.17, 15) is 4.79 Å². The van der Waals surface area contributed by atoms with Gasteiger partial charge in [0.1, 0.15) is 0 Å². The van der Waals surface area contributed by atoms with Gasteiger partial charge in [0.25, 0.3) is 0 Å². The number of hydrogen-bond acceptors (Lipinski definition) is 3. The fourth-order valence-electron chi connectivity index (χ4n) is 2.42. The van der Waals surface area contributed by atoms with Crippen LogP contribution >= 0.6 is 0 Å². The number of hydrogen-bond donors (Lipinski definition) is 0. The number of rotatable bonds is 4. The van der Waals surface area contributed by atoms with Gasteiger partial charge in [-0.25, -0.2) is 4.79 Å². The highest BCUT2D eigenvalue weighted by Crippen LogP contribution is 2.41. The lowest BCUT2D eigenvalue weighted by atomic mass is 9.94. The van der Waals surface area contributed by atoms with Crippen LogP contribution in [0.1, 0.15) is 42.1 Å². The first-order valence-electron chi connectivity index (χ1n) is 6.12. The Kier molecular flexibility index (Phi) is 3.20. The third-order valence-corrected chi connectivity index (χ3v) is 3.42. The van der Waals surface area contributed by atoms with Gasteiger partial charge in [0, 0.05) is 12.0 Å². The summed E-state index contributed by atoms with van der Waals surface area (Å²) in [4.78, 5) is 13.9. The summed E-state index contributed by atoms with van der Waals surface area (Å²) < 4.78 is 5.67. The first-order valence-corrected chi connectivity index (χ1v) is 6.12. The maximum atomic E-state index is 11.9. The maximum Gasteiger partial charge on any atom is 0.340 e. The van der Waals surface area contributed by atoms with Gasteiger partial charge >= 0.3 is 5.97 Å². The van der Waals surface area contributed by atoms with Crippen LogP contribution in [-0.2, 0) is 10.5 Å². The lowest BCUT2D eigenvalue weighted by Crippen LogP contribution is -2.41. The molecule has 0 aliphatic carbocycles. The molecule has 0 bridgehead atoms. The van der Waals surface area contributed by atoms with Crippen molar-refractivity contribution in [1.29, 1.82) is 0 Å². The van der Waals surface area contributed by atoms with E-state index in [-0.39, 0.29) is 5.97 Å². The maximum absolute atomic E-state index is 11.9. The van der Waals surface area contributed by atoms with Gasteiger partial charge in [0.05, 0.1) is 5.56 Å². The number of benzene rings is 1. The molecule has 1 aromatic rings. The number of esters is 1. The number of nitrogens with zero attached hydrogens (tertiary/aromatic N) is 1. The summed E-state index contributed by atoms with van der Waals surface area (Å²) in [6.07, 6.45) is 2.98. The molecule has 0 fully saturated rings. The molecule has 1 aliphatic rings. The zero-order chi connectivity index (χ0) is 12.5. The second-order valence-electron chi connectivity index (χ2n) is 4.72. The van der Waals surface area contributed by atoms with Gasteiger partial charge in [-0.2, -0.15) is 0 Å². The van der Waals surface area contributed by atoms with Crippen LogP contribution in [0, 0.1) is 0 Å². The smallest absolute Gasteiger partial charge is 0.340 e. The van der Waals surface area contributed by atoms with Crippen LogP contribution in [-0.4, -0.2) is 25.0 Å². The van der Waals surface area contributed by atoms with Crippen molar-refractivity contribution in [3.8, 4) is 0 Å². The molecule has 0 spiro atoms. The van der Waals surface area contributed by atoms with Gasteiger partial charge in [-0.15, -0.1) is 0 Å². The molecular weight excluding hydrogens is 214 g/mol. The summed E-state index contributed by atoms with van der Waals surface area (Å²) in [5.74, 6) is -0.203. The minimum absolute atomic E-state index is 0.203. The van der Waals surface area contributed by atoms with Crippen molar-refractivity contribution in [1.82, 2.24) is 4.90 Å². The van der Waals surface area contributed by atoms with Crippen molar-refractivity contribution in [3.63, 3.8) is 0 Å². The zero-order valence-corrected chi connectivity index (χ0v) is 10.7. The number of carbonyl (C=O) groups excluding carboxylic acids is 1. The summed E-state index contributed by atoms with van der Waals surface area (Å²) in [5.41, 5.74) is 1.14. The van der Waals surface area contributed by atoms with Gasteiger partial charge in [0.15, 0.2) is 5.72 Å². The SMILES string of the molecule is CCCCC1(N(C)C)OC(=O)c2ccccc21. The standard InChI is InChI=1S/C14H19NO2/c1-4-5-10-14(15(2)3)12-9-7-6-8-11(12)13(16)17-14/h6-9H,4-5,10H2,1-3H3. The predicted octanol–water partition coefficient (Wildman–Crippen LogP) is 2.76. The van der Waals surface area contributed by atoms with Crippen LogP contribution in [0.25, 0.3) is 0 Å². The molecule has 3 heteroatoms. The fraction of sp³-hybridized carbons (Fsp3) is 0.500. The third kappa shape index (κ3) is 1.84. The Labute approximate surface area is 102 Å². The molecule has 0 radical (unpaired) electrons. The monoisotopic (exact) mass is 233 g/mol. The summed E-state index contributed by atoms with van der Waals surface area (Å²) in [6, 6.07) is 7.68. The third-order valence-electron chi connectivity index (χ3n) is 3.42. The Bertz CT molecular complexity index is 428. The van der Waals surface area contributed by atoms with Gasteiger partial charge in [-0.3, -0.25) is 4.90 Å². The van der Waals surface area contributed by atoms with Gasteiger partial charge in [-0.1, -0.05) is 31.5 Å². The van der Waals surface area contributed by atoms with Crippen molar-refractivity contribution < 1.29 is 9.53 Å². The molecular formula is C14H19NO2. The van der Waals surface area contributed by atoms with Gasteiger partial charge < -0.3 is 4.74 Å². The molecule has 1 aliphatic heterocycles. The quantitative estimate of drug-likeness (QED) is 0.749. The van der Waals surface area contributed by atoms with E-state index in [0.717, 1.165) is 24.8 Å². The van der Waals surface area contributed by atoms with E-state index in [2.05, 4.69) is 6.92 Å². The van der Waals surface area contributed by atoms with Crippen molar-refractivity contribution in [3.05, 3.63) is 35.4 Å². The molecule has 0 amide bonds. The molecule has 0 N–H and O–H groups in total.